The zero-order valence-corrected chi connectivity index (χ0v) is 11.9. The molecule has 1 saturated carbocycles. The molecule has 2 unspecified atom stereocenters. The molecule has 1 fully saturated rings. The van der Waals surface area contributed by atoms with Crippen molar-refractivity contribution in [1.82, 2.24) is 5.32 Å². The van der Waals surface area contributed by atoms with Crippen molar-refractivity contribution < 1.29 is 9.59 Å². The van der Waals surface area contributed by atoms with Gasteiger partial charge in [0.1, 0.15) is 0 Å². The molecule has 0 saturated heterocycles. The largest absolute Gasteiger partial charge is 0.369 e. The lowest BCUT2D eigenvalue weighted by Crippen LogP contribution is -2.45. The first-order chi connectivity index (χ1) is 7.83. The van der Waals surface area contributed by atoms with Crippen LogP contribution in [0.25, 0.3) is 0 Å². The van der Waals surface area contributed by atoms with Gasteiger partial charge >= 0.3 is 0 Å². The van der Waals surface area contributed by atoms with Gasteiger partial charge in [-0.25, -0.2) is 0 Å². The van der Waals surface area contributed by atoms with Crippen LogP contribution in [0, 0.1) is 11.3 Å². The van der Waals surface area contributed by atoms with E-state index >= 15 is 0 Å². The molecule has 2 atom stereocenters. The van der Waals surface area contributed by atoms with Gasteiger partial charge in [0, 0.05) is 18.5 Å². The average Bonchev–Trinajstić information content (AvgIpc) is 2.25. The Balaban J connectivity index is 0.00000289. The van der Waals surface area contributed by atoms with E-state index in [0.29, 0.717) is 0 Å². The summed E-state index contributed by atoms with van der Waals surface area (Å²) in [5.74, 6) is -0.421. The first-order valence-electron chi connectivity index (χ1n) is 6.16. The molecule has 0 aromatic carbocycles. The van der Waals surface area contributed by atoms with E-state index in [2.05, 4.69) is 5.32 Å². The molecule has 0 radical (unpaired) electrons. The fourth-order valence-electron chi connectivity index (χ4n) is 2.01. The van der Waals surface area contributed by atoms with Gasteiger partial charge < -0.3 is 16.8 Å². The van der Waals surface area contributed by atoms with Gasteiger partial charge in [-0.15, -0.1) is 12.4 Å². The van der Waals surface area contributed by atoms with Crippen LogP contribution < -0.4 is 16.8 Å². The van der Waals surface area contributed by atoms with E-state index in [1.807, 2.05) is 0 Å². The van der Waals surface area contributed by atoms with E-state index in [-0.39, 0.29) is 36.8 Å². The summed E-state index contributed by atoms with van der Waals surface area (Å²) in [5.41, 5.74) is 10.4. The highest BCUT2D eigenvalue weighted by Crippen LogP contribution is 2.23. The number of nitrogens with one attached hydrogen (secondary N) is 1. The second kappa shape index (κ2) is 6.95. The summed E-state index contributed by atoms with van der Waals surface area (Å²) in [4.78, 5) is 23.0. The molecular formula is C12H24ClN3O2. The number of rotatable bonds is 4. The number of amides is 2. The molecule has 18 heavy (non-hydrogen) atoms. The third-order valence-corrected chi connectivity index (χ3v) is 3.46. The summed E-state index contributed by atoms with van der Waals surface area (Å²) in [6, 6.07) is 0.128. The van der Waals surface area contributed by atoms with E-state index in [1.54, 1.807) is 13.8 Å². The van der Waals surface area contributed by atoms with Crippen LogP contribution in [0.4, 0.5) is 0 Å². The predicted molar refractivity (Wildman–Crippen MR) is 73.2 cm³/mol. The van der Waals surface area contributed by atoms with Gasteiger partial charge in [-0.1, -0.05) is 6.42 Å². The molecule has 0 bridgehead atoms. The topological polar surface area (TPSA) is 98.2 Å². The van der Waals surface area contributed by atoms with Crippen LogP contribution in [0.3, 0.4) is 0 Å². The van der Waals surface area contributed by atoms with Gasteiger partial charge in [0.2, 0.25) is 11.8 Å². The molecule has 2 amide bonds. The fourth-order valence-corrected chi connectivity index (χ4v) is 2.01. The van der Waals surface area contributed by atoms with E-state index in [1.165, 1.54) is 0 Å². The summed E-state index contributed by atoms with van der Waals surface area (Å²) < 4.78 is 0. The maximum absolute atomic E-state index is 11.9. The molecule has 106 valence electrons. The van der Waals surface area contributed by atoms with Crippen LogP contribution in [-0.2, 0) is 9.59 Å². The second-order valence-electron chi connectivity index (χ2n) is 5.59. The number of hydrogen-bond donors (Lipinski definition) is 3. The normalized spacial score (nSPS) is 23.9. The van der Waals surface area contributed by atoms with Gasteiger partial charge in [0.25, 0.3) is 0 Å². The van der Waals surface area contributed by atoms with Gasteiger partial charge in [-0.05, 0) is 33.1 Å². The molecule has 1 rings (SSSR count). The van der Waals surface area contributed by atoms with Crippen molar-refractivity contribution in [1.29, 1.82) is 0 Å². The van der Waals surface area contributed by atoms with E-state index < -0.39 is 11.3 Å². The van der Waals surface area contributed by atoms with Crippen LogP contribution in [0.2, 0.25) is 0 Å². The monoisotopic (exact) mass is 277 g/mol. The average molecular weight is 278 g/mol. The molecule has 0 spiro atoms. The number of carbonyl (C=O) groups excluding carboxylic acids is 2. The number of hydrogen-bond acceptors (Lipinski definition) is 3. The third-order valence-electron chi connectivity index (χ3n) is 3.46. The highest BCUT2D eigenvalue weighted by atomic mass is 35.5. The first kappa shape index (κ1) is 17.2. The molecule has 1 aliphatic carbocycles. The molecule has 1 aliphatic rings. The fraction of sp³-hybridized carbons (Fsp3) is 0.833. The van der Waals surface area contributed by atoms with Crippen molar-refractivity contribution in [3.8, 4) is 0 Å². The molecule has 5 nitrogen and oxygen atoms in total. The number of carbonyl (C=O) groups is 2. The van der Waals surface area contributed by atoms with Crippen LogP contribution in [0.1, 0.15) is 39.5 Å². The Morgan fingerprint density at radius 3 is 2.44 bits per heavy atom. The molecule has 0 aromatic heterocycles. The van der Waals surface area contributed by atoms with Crippen LogP contribution in [0.5, 0.6) is 0 Å². The maximum Gasteiger partial charge on any atom is 0.224 e. The lowest BCUT2D eigenvalue weighted by Gasteiger charge is -2.27. The van der Waals surface area contributed by atoms with Gasteiger partial charge in [0.15, 0.2) is 0 Å². The van der Waals surface area contributed by atoms with E-state index in [0.717, 1.165) is 25.7 Å². The Labute approximate surface area is 114 Å². The first-order valence-corrected chi connectivity index (χ1v) is 6.16. The number of primary amides is 1. The van der Waals surface area contributed by atoms with Gasteiger partial charge in [-0.3, -0.25) is 9.59 Å². The van der Waals surface area contributed by atoms with Crippen molar-refractivity contribution in [2.45, 2.75) is 45.6 Å². The Morgan fingerprint density at radius 1 is 1.33 bits per heavy atom. The molecule has 0 aromatic rings. The Bertz CT molecular complexity index is 308. The summed E-state index contributed by atoms with van der Waals surface area (Å²) in [7, 11) is 0. The van der Waals surface area contributed by atoms with Gasteiger partial charge in [-0.2, -0.15) is 0 Å². The van der Waals surface area contributed by atoms with Crippen molar-refractivity contribution in [2.24, 2.45) is 22.8 Å². The minimum atomic E-state index is -0.702. The summed E-state index contributed by atoms with van der Waals surface area (Å²) in [5, 5.41) is 2.80. The van der Waals surface area contributed by atoms with Crippen molar-refractivity contribution >= 4 is 24.2 Å². The smallest absolute Gasteiger partial charge is 0.224 e. The van der Waals surface area contributed by atoms with Crippen molar-refractivity contribution in [2.75, 3.05) is 6.54 Å². The highest BCUT2D eigenvalue weighted by molar-refractivity contribution is 5.85. The van der Waals surface area contributed by atoms with Crippen molar-refractivity contribution in [3.05, 3.63) is 0 Å². The quantitative estimate of drug-likeness (QED) is 0.700. The van der Waals surface area contributed by atoms with Crippen molar-refractivity contribution in [3.63, 3.8) is 0 Å². The minimum absolute atomic E-state index is 0. The third kappa shape index (κ3) is 4.82. The van der Waals surface area contributed by atoms with Crippen LogP contribution >= 0.6 is 12.4 Å². The van der Waals surface area contributed by atoms with E-state index in [4.69, 9.17) is 11.5 Å². The number of nitrogens with two attached hydrogens (primary N) is 2. The molecule has 6 heteroatoms. The van der Waals surface area contributed by atoms with Gasteiger partial charge in [0.05, 0.1) is 5.41 Å². The Morgan fingerprint density at radius 2 is 1.94 bits per heavy atom. The summed E-state index contributed by atoms with van der Waals surface area (Å²) >= 11 is 0. The Kier molecular flexibility index (Phi) is 6.63. The molecule has 5 N–H and O–H groups in total. The molecule has 0 heterocycles. The van der Waals surface area contributed by atoms with Crippen LogP contribution in [-0.4, -0.2) is 24.4 Å². The van der Waals surface area contributed by atoms with Crippen LogP contribution in [0.15, 0.2) is 0 Å². The lowest BCUT2D eigenvalue weighted by molar-refractivity contribution is -0.129. The van der Waals surface area contributed by atoms with E-state index in [9.17, 15) is 9.59 Å². The highest BCUT2D eigenvalue weighted by Gasteiger charge is 2.29. The summed E-state index contributed by atoms with van der Waals surface area (Å²) in [6.45, 7) is 3.73. The number of halogens is 1. The Hall–Kier alpha value is -0.810. The zero-order valence-electron chi connectivity index (χ0n) is 11.1. The summed E-state index contributed by atoms with van der Waals surface area (Å²) in [6.07, 6.45) is 3.62. The molecular weight excluding hydrogens is 254 g/mol. The standard InChI is InChI=1S/C12H23N3O2.ClH/c1-12(2,11(14)17)7-15-10(16)8-4-3-5-9(13)6-8;/h8-9H,3-7,13H2,1-2H3,(H2,14,17)(H,15,16);1H. The minimum Gasteiger partial charge on any atom is -0.369 e. The second-order valence-corrected chi connectivity index (χ2v) is 5.59. The predicted octanol–water partition coefficient (Wildman–Crippen LogP) is 0.553. The maximum atomic E-state index is 11.9. The SMILES string of the molecule is CC(C)(CNC(=O)C1CCCC(N)C1)C(N)=O.Cl. The zero-order chi connectivity index (χ0) is 13.1. The molecule has 0 aliphatic heterocycles. The lowest BCUT2D eigenvalue weighted by atomic mass is 9.85.